The molecule has 0 saturated carbocycles. The molecule has 60 valence electrons. The van der Waals surface area contributed by atoms with Gasteiger partial charge in [0.05, 0.1) is 12.2 Å². The Morgan fingerprint density at radius 2 is 2.20 bits per heavy atom. The van der Waals surface area contributed by atoms with E-state index in [0.717, 1.165) is 19.4 Å². The second-order valence-corrected chi connectivity index (χ2v) is 3.33. The van der Waals surface area contributed by atoms with Gasteiger partial charge in [0.2, 0.25) is 0 Å². The summed E-state index contributed by atoms with van der Waals surface area (Å²) in [4.78, 5) is 0. The minimum Gasteiger partial charge on any atom is -0.393 e. The van der Waals surface area contributed by atoms with Crippen LogP contribution in [0.4, 0.5) is 0 Å². The van der Waals surface area contributed by atoms with E-state index in [4.69, 9.17) is 4.74 Å². The molecular weight excluding hydrogens is 128 g/mol. The summed E-state index contributed by atoms with van der Waals surface area (Å²) >= 11 is 0. The molecule has 0 amide bonds. The normalized spacial score (nSPS) is 34.8. The van der Waals surface area contributed by atoms with Crippen LogP contribution in [0.15, 0.2) is 0 Å². The van der Waals surface area contributed by atoms with E-state index in [2.05, 4.69) is 13.8 Å². The molecule has 1 heterocycles. The van der Waals surface area contributed by atoms with Crippen molar-refractivity contribution in [2.45, 2.75) is 38.9 Å². The Bertz CT molecular complexity index is 101. The smallest absolute Gasteiger partial charge is 0.0622 e. The van der Waals surface area contributed by atoms with Crippen molar-refractivity contribution in [3.63, 3.8) is 0 Å². The number of hydrogen-bond donors (Lipinski definition) is 1. The van der Waals surface area contributed by atoms with Crippen molar-refractivity contribution in [2.75, 3.05) is 6.61 Å². The van der Waals surface area contributed by atoms with Gasteiger partial charge in [-0.25, -0.2) is 0 Å². The van der Waals surface area contributed by atoms with E-state index in [9.17, 15) is 5.11 Å². The van der Waals surface area contributed by atoms with Crippen LogP contribution in [0.1, 0.15) is 26.7 Å². The molecule has 2 atom stereocenters. The van der Waals surface area contributed by atoms with E-state index in [1.54, 1.807) is 0 Å². The van der Waals surface area contributed by atoms with Crippen LogP contribution < -0.4 is 0 Å². The molecule has 0 aromatic heterocycles. The van der Waals surface area contributed by atoms with Gasteiger partial charge in [0, 0.05) is 6.61 Å². The SMILES string of the molecule is CC(C)[C@H]1C[C@@H](O)CCO1. The summed E-state index contributed by atoms with van der Waals surface area (Å²) in [5.41, 5.74) is 0. The Balaban J connectivity index is 2.32. The minimum atomic E-state index is -0.124. The van der Waals surface area contributed by atoms with E-state index >= 15 is 0 Å². The Kier molecular flexibility index (Phi) is 2.69. The zero-order valence-corrected chi connectivity index (χ0v) is 6.71. The van der Waals surface area contributed by atoms with E-state index in [-0.39, 0.29) is 12.2 Å². The van der Waals surface area contributed by atoms with E-state index in [0.29, 0.717) is 5.92 Å². The first-order valence-corrected chi connectivity index (χ1v) is 4.00. The van der Waals surface area contributed by atoms with Gasteiger partial charge in [0.1, 0.15) is 0 Å². The monoisotopic (exact) mass is 144 g/mol. The average molecular weight is 144 g/mol. The van der Waals surface area contributed by atoms with Gasteiger partial charge >= 0.3 is 0 Å². The minimum absolute atomic E-state index is 0.124. The van der Waals surface area contributed by atoms with Gasteiger partial charge < -0.3 is 9.84 Å². The lowest BCUT2D eigenvalue weighted by molar-refractivity contribution is -0.0627. The van der Waals surface area contributed by atoms with Crippen LogP contribution in [0.5, 0.6) is 0 Å². The quantitative estimate of drug-likeness (QED) is 0.599. The molecule has 2 heteroatoms. The maximum absolute atomic E-state index is 9.25. The molecule has 0 aromatic carbocycles. The Labute approximate surface area is 62.2 Å². The molecule has 1 N–H and O–H groups in total. The third-order valence-electron chi connectivity index (χ3n) is 2.03. The van der Waals surface area contributed by atoms with Crippen molar-refractivity contribution in [3.8, 4) is 0 Å². The second kappa shape index (κ2) is 3.35. The fourth-order valence-electron chi connectivity index (χ4n) is 1.27. The van der Waals surface area contributed by atoms with Gasteiger partial charge in [0.15, 0.2) is 0 Å². The molecule has 1 aliphatic rings. The predicted molar refractivity (Wildman–Crippen MR) is 39.8 cm³/mol. The molecule has 0 spiro atoms. The highest BCUT2D eigenvalue weighted by atomic mass is 16.5. The van der Waals surface area contributed by atoms with E-state index in [1.807, 2.05) is 0 Å². The molecule has 1 rings (SSSR count). The molecule has 1 fully saturated rings. The molecular formula is C8H16O2. The lowest BCUT2D eigenvalue weighted by atomic mass is 9.97. The Morgan fingerprint density at radius 1 is 1.50 bits per heavy atom. The van der Waals surface area contributed by atoms with Crippen LogP contribution in [0.25, 0.3) is 0 Å². The molecule has 1 saturated heterocycles. The molecule has 1 aliphatic heterocycles. The Hall–Kier alpha value is -0.0800. The first-order valence-electron chi connectivity index (χ1n) is 4.00. The van der Waals surface area contributed by atoms with Crippen LogP contribution >= 0.6 is 0 Å². The van der Waals surface area contributed by atoms with Crippen molar-refractivity contribution >= 4 is 0 Å². The van der Waals surface area contributed by atoms with Crippen molar-refractivity contribution in [1.29, 1.82) is 0 Å². The van der Waals surface area contributed by atoms with Gasteiger partial charge in [-0.15, -0.1) is 0 Å². The van der Waals surface area contributed by atoms with Crippen LogP contribution in [0.3, 0.4) is 0 Å². The first kappa shape index (κ1) is 8.02. The topological polar surface area (TPSA) is 29.5 Å². The van der Waals surface area contributed by atoms with Crippen molar-refractivity contribution < 1.29 is 9.84 Å². The highest BCUT2D eigenvalue weighted by Gasteiger charge is 2.22. The van der Waals surface area contributed by atoms with Crippen molar-refractivity contribution in [2.24, 2.45) is 5.92 Å². The summed E-state index contributed by atoms with van der Waals surface area (Å²) in [5, 5.41) is 9.25. The van der Waals surface area contributed by atoms with Crippen LogP contribution in [-0.2, 0) is 4.74 Å². The van der Waals surface area contributed by atoms with Gasteiger partial charge in [-0.2, -0.15) is 0 Å². The maximum atomic E-state index is 9.25. The molecule has 10 heavy (non-hydrogen) atoms. The Morgan fingerprint density at radius 3 is 2.60 bits per heavy atom. The highest BCUT2D eigenvalue weighted by molar-refractivity contribution is 4.72. The van der Waals surface area contributed by atoms with Gasteiger partial charge in [0.25, 0.3) is 0 Å². The van der Waals surface area contributed by atoms with Crippen molar-refractivity contribution in [3.05, 3.63) is 0 Å². The number of rotatable bonds is 1. The molecule has 0 aliphatic carbocycles. The zero-order valence-electron chi connectivity index (χ0n) is 6.71. The lowest BCUT2D eigenvalue weighted by Crippen LogP contribution is -2.32. The van der Waals surface area contributed by atoms with Crippen LogP contribution in [0, 0.1) is 5.92 Å². The average Bonchev–Trinajstić information content (AvgIpc) is 1.88. The molecule has 2 nitrogen and oxygen atoms in total. The fourth-order valence-corrected chi connectivity index (χ4v) is 1.27. The number of ether oxygens (including phenoxy) is 1. The van der Waals surface area contributed by atoms with E-state index < -0.39 is 0 Å². The summed E-state index contributed by atoms with van der Waals surface area (Å²) < 4.78 is 5.45. The van der Waals surface area contributed by atoms with Crippen LogP contribution in [-0.4, -0.2) is 23.9 Å². The third kappa shape index (κ3) is 1.96. The number of aliphatic hydroxyl groups is 1. The predicted octanol–water partition coefficient (Wildman–Crippen LogP) is 1.18. The largest absolute Gasteiger partial charge is 0.393 e. The zero-order chi connectivity index (χ0) is 7.56. The molecule has 0 unspecified atom stereocenters. The fraction of sp³-hybridized carbons (Fsp3) is 1.00. The second-order valence-electron chi connectivity index (χ2n) is 3.33. The summed E-state index contributed by atoms with van der Waals surface area (Å²) in [6.45, 7) is 4.98. The van der Waals surface area contributed by atoms with Crippen LogP contribution in [0.2, 0.25) is 0 Å². The molecule has 0 aromatic rings. The maximum Gasteiger partial charge on any atom is 0.0622 e. The van der Waals surface area contributed by atoms with Gasteiger partial charge in [-0.1, -0.05) is 13.8 Å². The summed E-state index contributed by atoms with van der Waals surface area (Å²) in [5.74, 6) is 0.537. The summed E-state index contributed by atoms with van der Waals surface area (Å²) in [6.07, 6.45) is 1.78. The third-order valence-corrected chi connectivity index (χ3v) is 2.03. The summed E-state index contributed by atoms with van der Waals surface area (Å²) in [7, 11) is 0. The van der Waals surface area contributed by atoms with Gasteiger partial charge in [-0.05, 0) is 18.8 Å². The molecule has 0 bridgehead atoms. The number of hydrogen-bond acceptors (Lipinski definition) is 2. The summed E-state index contributed by atoms with van der Waals surface area (Å²) in [6, 6.07) is 0. The standard InChI is InChI=1S/C8H16O2/c1-6(2)8-5-7(9)3-4-10-8/h6-9H,3-5H2,1-2H3/t7-,8+/m0/s1. The van der Waals surface area contributed by atoms with Gasteiger partial charge in [-0.3, -0.25) is 0 Å². The number of aliphatic hydroxyl groups excluding tert-OH is 1. The highest BCUT2D eigenvalue weighted by Crippen LogP contribution is 2.19. The van der Waals surface area contributed by atoms with Crippen molar-refractivity contribution in [1.82, 2.24) is 0 Å². The van der Waals surface area contributed by atoms with E-state index in [1.165, 1.54) is 0 Å². The lowest BCUT2D eigenvalue weighted by Gasteiger charge is -2.29. The first-order chi connectivity index (χ1) is 4.70. The molecule has 0 radical (unpaired) electrons.